The van der Waals surface area contributed by atoms with Crippen LogP contribution in [0.15, 0.2) is 71.6 Å². The van der Waals surface area contributed by atoms with E-state index in [0.717, 1.165) is 46.7 Å². The first-order chi connectivity index (χ1) is 20.0. The standard InChI is InChI=1S/C32H37Cl2N3O4S/c1-4-30(32(39)35-26-7-5-6-8-26)36(20-24-12-14-25(33)15-13-24)31(38)21-37(27-16-11-23(3)29(34)19-27)42(40,41)28-17-9-22(2)10-18-28/h9-19,26,30H,4-8,20-21H2,1-3H3,(H,35,39). The predicted octanol–water partition coefficient (Wildman–Crippen LogP) is 6.67. The van der Waals surface area contributed by atoms with Crippen LogP contribution in [0, 0.1) is 13.8 Å². The van der Waals surface area contributed by atoms with E-state index in [9.17, 15) is 18.0 Å². The molecule has 0 spiro atoms. The van der Waals surface area contributed by atoms with Gasteiger partial charge in [-0.2, -0.15) is 0 Å². The maximum Gasteiger partial charge on any atom is 0.264 e. The number of carbonyl (C=O) groups is 2. The molecule has 7 nitrogen and oxygen atoms in total. The van der Waals surface area contributed by atoms with E-state index in [1.165, 1.54) is 17.0 Å². The molecule has 0 heterocycles. The summed E-state index contributed by atoms with van der Waals surface area (Å²) in [5.74, 6) is -0.746. The lowest BCUT2D eigenvalue weighted by atomic mass is 10.1. The van der Waals surface area contributed by atoms with Crippen LogP contribution in [0.5, 0.6) is 0 Å². The third-order valence-corrected chi connectivity index (χ3v) is 10.1. The van der Waals surface area contributed by atoms with Gasteiger partial charge in [-0.1, -0.05) is 78.9 Å². The minimum Gasteiger partial charge on any atom is -0.352 e. The number of sulfonamides is 1. The van der Waals surface area contributed by atoms with Crippen LogP contribution in [0.4, 0.5) is 5.69 Å². The van der Waals surface area contributed by atoms with E-state index in [1.54, 1.807) is 54.6 Å². The van der Waals surface area contributed by atoms with E-state index >= 15 is 0 Å². The van der Waals surface area contributed by atoms with Gasteiger partial charge in [0, 0.05) is 22.6 Å². The lowest BCUT2D eigenvalue weighted by Crippen LogP contribution is -2.53. The van der Waals surface area contributed by atoms with Gasteiger partial charge in [0.25, 0.3) is 10.0 Å². The zero-order valence-corrected chi connectivity index (χ0v) is 26.5. The topological polar surface area (TPSA) is 86.8 Å². The van der Waals surface area contributed by atoms with Crippen LogP contribution in [-0.4, -0.2) is 43.8 Å². The quantitative estimate of drug-likeness (QED) is 0.256. The second-order valence-electron chi connectivity index (χ2n) is 10.8. The number of aryl methyl sites for hydroxylation is 2. The molecule has 3 aromatic carbocycles. The first-order valence-corrected chi connectivity index (χ1v) is 16.4. The van der Waals surface area contributed by atoms with Crippen molar-refractivity contribution in [2.75, 3.05) is 10.8 Å². The monoisotopic (exact) mass is 629 g/mol. The highest BCUT2D eigenvalue weighted by atomic mass is 35.5. The molecule has 0 radical (unpaired) electrons. The summed E-state index contributed by atoms with van der Waals surface area (Å²) in [4.78, 5) is 29.3. The molecule has 1 atom stereocenters. The molecule has 0 bridgehead atoms. The van der Waals surface area contributed by atoms with E-state index in [1.807, 2.05) is 20.8 Å². The maximum atomic E-state index is 14.2. The number of nitrogens with one attached hydrogen (secondary N) is 1. The summed E-state index contributed by atoms with van der Waals surface area (Å²) in [7, 11) is -4.17. The molecule has 1 saturated carbocycles. The third kappa shape index (κ3) is 7.65. The Bertz CT molecular complexity index is 1510. The summed E-state index contributed by atoms with van der Waals surface area (Å²) >= 11 is 12.5. The molecule has 3 aromatic rings. The smallest absolute Gasteiger partial charge is 0.264 e. The van der Waals surface area contributed by atoms with Crippen LogP contribution in [0.1, 0.15) is 55.7 Å². The molecule has 1 aliphatic rings. The molecule has 0 aliphatic heterocycles. The number of hydrogen-bond acceptors (Lipinski definition) is 4. The summed E-state index contributed by atoms with van der Waals surface area (Å²) in [6, 6.07) is 17.7. The van der Waals surface area contributed by atoms with Gasteiger partial charge in [0.1, 0.15) is 12.6 Å². The minimum absolute atomic E-state index is 0.0490. The maximum absolute atomic E-state index is 14.2. The van der Waals surface area contributed by atoms with Gasteiger partial charge in [-0.25, -0.2) is 8.42 Å². The fraction of sp³-hybridized carbons (Fsp3) is 0.375. The first-order valence-electron chi connectivity index (χ1n) is 14.2. The largest absolute Gasteiger partial charge is 0.352 e. The second-order valence-corrected chi connectivity index (χ2v) is 13.5. The number of benzene rings is 3. The Hall–Kier alpha value is -3.07. The summed E-state index contributed by atoms with van der Waals surface area (Å²) in [6.45, 7) is 5.13. The van der Waals surface area contributed by atoms with Crippen molar-refractivity contribution in [2.24, 2.45) is 0 Å². The van der Waals surface area contributed by atoms with Crippen molar-refractivity contribution < 1.29 is 18.0 Å². The Morgan fingerprint density at radius 3 is 2.19 bits per heavy atom. The van der Waals surface area contributed by atoms with Crippen molar-refractivity contribution in [3.05, 3.63) is 93.5 Å². The van der Waals surface area contributed by atoms with Crippen molar-refractivity contribution >= 4 is 50.7 Å². The number of anilines is 1. The van der Waals surface area contributed by atoms with Crippen LogP contribution in [0.2, 0.25) is 10.0 Å². The minimum atomic E-state index is -4.17. The fourth-order valence-corrected chi connectivity index (χ4v) is 6.88. The number of halogens is 2. The van der Waals surface area contributed by atoms with Crippen LogP contribution in [0.3, 0.4) is 0 Å². The van der Waals surface area contributed by atoms with Crippen LogP contribution in [-0.2, 0) is 26.2 Å². The predicted molar refractivity (Wildman–Crippen MR) is 168 cm³/mol. The first kappa shape index (κ1) is 31.9. The average molecular weight is 631 g/mol. The van der Waals surface area contributed by atoms with Gasteiger partial charge in [-0.3, -0.25) is 13.9 Å². The van der Waals surface area contributed by atoms with E-state index in [2.05, 4.69) is 5.32 Å². The van der Waals surface area contributed by atoms with E-state index in [-0.39, 0.29) is 29.1 Å². The molecule has 1 aliphatic carbocycles. The Morgan fingerprint density at radius 1 is 0.952 bits per heavy atom. The second kappa shape index (κ2) is 13.9. The number of rotatable bonds is 11. The number of hydrogen-bond donors (Lipinski definition) is 1. The van der Waals surface area contributed by atoms with Gasteiger partial charge in [0.05, 0.1) is 10.6 Å². The Labute approximate surface area is 258 Å². The highest BCUT2D eigenvalue weighted by Crippen LogP contribution is 2.29. The van der Waals surface area contributed by atoms with Gasteiger partial charge >= 0.3 is 0 Å². The number of nitrogens with zero attached hydrogens (tertiary/aromatic N) is 2. The van der Waals surface area contributed by atoms with Crippen molar-refractivity contribution in [2.45, 2.75) is 76.4 Å². The van der Waals surface area contributed by atoms with Crippen LogP contribution >= 0.6 is 23.2 Å². The van der Waals surface area contributed by atoms with Crippen molar-refractivity contribution in [3.63, 3.8) is 0 Å². The van der Waals surface area contributed by atoms with Gasteiger partial charge in [0.15, 0.2) is 0 Å². The van der Waals surface area contributed by atoms with Crippen molar-refractivity contribution in [1.29, 1.82) is 0 Å². The molecule has 1 unspecified atom stereocenters. The van der Waals surface area contributed by atoms with Crippen molar-refractivity contribution in [1.82, 2.24) is 10.2 Å². The molecule has 10 heteroatoms. The van der Waals surface area contributed by atoms with E-state index in [0.29, 0.717) is 16.5 Å². The molecule has 0 saturated heterocycles. The molecule has 1 N–H and O–H groups in total. The Kier molecular flexibility index (Phi) is 10.6. The normalized spacial score (nSPS) is 14.4. The van der Waals surface area contributed by atoms with Gasteiger partial charge < -0.3 is 10.2 Å². The van der Waals surface area contributed by atoms with E-state index < -0.39 is 28.5 Å². The SMILES string of the molecule is CCC(C(=O)NC1CCCC1)N(Cc1ccc(Cl)cc1)C(=O)CN(c1ccc(C)c(Cl)c1)S(=O)(=O)c1ccc(C)cc1. The third-order valence-electron chi connectivity index (χ3n) is 7.68. The van der Waals surface area contributed by atoms with Crippen LogP contribution in [0.25, 0.3) is 0 Å². The summed E-state index contributed by atoms with van der Waals surface area (Å²) in [5, 5.41) is 4.05. The fourth-order valence-electron chi connectivity index (χ4n) is 5.18. The van der Waals surface area contributed by atoms with Crippen LogP contribution < -0.4 is 9.62 Å². The molecule has 2 amide bonds. The van der Waals surface area contributed by atoms with Gasteiger partial charge in [-0.05, 0) is 80.6 Å². The highest BCUT2D eigenvalue weighted by molar-refractivity contribution is 7.92. The van der Waals surface area contributed by atoms with E-state index in [4.69, 9.17) is 23.2 Å². The zero-order valence-electron chi connectivity index (χ0n) is 24.1. The highest BCUT2D eigenvalue weighted by Gasteiger charge is 2.34. The average Bonchev–Trinajstić information content (AvgIpc) is 3.47. The molecule has 42 heavy (non-hydrogen) atoms. The van der Waals surface area contributed by atoms with Gasteiger partial charge in [0.2, 0.25) is 11.8 Å². The summed E-state index contributed by atoms with van der Waals surface area (Å²) < 4.78 is 29.1. The summed E-state index contributed by atoms with van der Waals surface area (Å²) in [6.07, 6.45) is 4.28. The lowest BCUT2D eigenvalue weighted by Gasteiger charge is -2.34. The Balaban J connectivity index is 1.73. The molecule has 4 rings (SSSR count). The molecule has 0 aromatic heterocycles. The zero-order chi connectivity index (χ0) is 30.4. The van der Waals surface area contributed by atoms with Gasteiger partial charge in [-0.15, -0.1) is 0 Å². The Morgan fingerprint density at radius 2 is 1.60 bits per heavy atom. The molecular weight excluding hydrogens is 593 g/mol. The lowest BCUT2D eigenvalue weighted by molar-refractivity contribution is -0.140. The molecular formula is C32H37Cl2N3O4S. The molecule has 1 fully saturated rings. The van der Waals surface area contributed by atoms with Crippen molar-refractivity contribution in [3.8, 4) is 0 Å². The number of carbonyl (C=O) groups excluding carboxylic acids is 2. The summed E-state index contributed by atoms with van der Waals surface area (Å²) in [5.41, 5.74) is 2.71. The molecule has 224 valence electrons. The number of amides is 2.